The van der Waals surface area contributed by atoms with Crippen molar-refractivity contribution in [3.63, 3.8) is 0 Å². The van der Waals surface area contributed by atoms with Gasteiger partial charge in [-0.05, 0) is 61.2 Å². The van der Waals surface area contributed by atoms with Crippen LogP contribution in [0.15, 0.2) is 131 Å². The van der Waals surface area contributed by atoms with Gasteiger partial charge in [-0.25, -0.2) is 0 Å². The molecular weight excluding hydrogens is 456 g/mol. The Hall–Kier alpha value is -2.86. The van der Waals surface area contributed by atoms with Crippen molar-refractivity contribution in [1.82, 2.24) is 4.44 Å². The van der Waals surface area contributed by atoms with Crippen LogP contribution in [0, 0.1) is 0 Å². The van der Waals surface area contributed by atoms with Crippen LogP contribution in [-0.4, -0.2) is 4.44 Å². The van der Waals surface area contributed by atoms with Crippen LogP contribution >= 0.6 is 16.1 Å². The van der Waals surface area contributed by atoms with E-state index >= 15 is 0 Å². The zero-order valence-corrected chi connectivity index (χ0v) is 21.1. The average molecular weight is 486 g/mol. The summed E-state index contributed by atoms with van der Waals surface area (Å²) in [6.45, 7) is 6.19. The molecular formula is C29H29NO2P2. The lowest BCUT2D eigenvalue weighted by molar-refractivity contribution is 0.588. The number of benzene rings is 2. The van der Waals surface area contributed by atoms with Crippen molar-refractivity contribution in [2.45, 2.75) is 31.1 Å². The zero-order valence-electron chi connectivity index (χ0n) is 19.3. The Morgan fingerprint density at radius 3 is 1.74 bits per heavy atom. The van der Waals surface area contributed by atoms with Gasteiger partial charge in [0.1, 0.15) is 8.07 Å². The second-order valence-electron chi connectivity index (χ2n) is 8.51. The normalized spacial score (nSPS) is 20.2. The van der Waals surface area contributed by atoms with Gasteiger partial charge in [-0.2, -0.15) is 0 Å². The maximum absolute atomic E-state index is 6.03. The molecule has 2 aromatic heterocycles. The van der Waals surface area contributed by atoms with Crippen molar-refractivity contribution in [1.29, 1.82) is 0 Å². The molecule has 1 aliphatic rings. The molecule has 2 aromatic carbocycles. The summed E-state index contributed by atoms with van der Waals surface area (Å²) in [7, 11) is -1.67. The molecule has 3 heterocycles. The van der Waals surface area contributed by atoms with Gasteiger partial charge in [0.15, 0.2) is 11.0 Å². The lowest BCUT2D eigenvalue weighted by Gasteiger charge is -2.39. The van der Waals surface area contributed by atoms with Gasteiger partial charge in [-0.15, -0.1) is 0 Å². The summed E-state index contributed by atoms with van der Waals surface area (Å²) in [6.07, 6.45) is 10.2. The topological polar surface area (TPSA) is 29.5 Å². The van der Waals surface area contributed by atoms with E-state index in [2.05, 4.69) is 96.1 Å². The molecule has 2 unspecified atom stereocenters. The highest BCUT2D eigenvalue weighted by Gasteiger charge is 2.44. The predicted molar refractivity (Wildman–Crippen MR) is 144 cm³/mol. The first-order chi connectivity index (χ1) is 16.7. The van der Waals surface area contributed by atoms with E-state index in [4.69, 9.17) is 8.83 Å². The summed E-state index contributed by atoms with van der Waals surface area (Å²) in [6, 6.07) is 30.1. The predicted octanol–water partition coefficient (Wildman–Crippen LogP) is 8.29. The SMILES string of the molecule is C=C(C)C=CN(P(c1ccco1)c1ccco1)P1C(c2ccccc2)CCC1c1ccccc1. The second kappa shape index (κ2) is 10.6. The highest BCUT2D eigenvalue weighted by Crippen LogP contribution is 2.76. The van der Waals surface area contributed by atoms with Gasteiger partial charge in [0.05, 0.1) is 12.5 Å². The molecule has 172 valence electrons. The van der Waals surface area contributed by atoms with Gasteiger partial charge in [0.25, 0.3) is 0 Å². The molecule has 1 aliphatic heterocycles. The number of allylic oxidation sites excluding steroid dienone is 2. The largest absolute Gasteiger partial charge is 0.462 e. The highest BCUT2D eigenvalue weighted by molar-refractivity contribution is 7.79. The number of hydrogen-bond donors (Lipinski definition) is 0. The van der Waals surface area contributed by atoms with Crippen LogP contribution in [0.2, 0.25) is 0 Å². The van der Waals surface area contributed by atoms with Gasteiger partial charge < -0.3 is 13.3 Å². The fraction of sp³-hybridized carbons (Fsp3) is 0.172. The number of nitrogens with zero attached hydrogens (tertiary/aromatic N) is 1. The third-order valence-electron chi connectivity index (χ3n) is 6.08. The minimum Gasteiger partial charge on any atom is -0.462 e. The van der Waals surface area contributed by atoms with Crippen LogP contribution in [0.3, 0.4) is 0 Å². The van der Waals surface area contributed by atoms with Crippen LogP contribution < -0.4 is 11.0 Å². The number of furan rings is 2. The molecule has 0 spiro atoms. The van der Waals surface area contributed by atoms with E-state index in [1.807, 2.05) is 19.1 Å². The van der Waals surface area contributed by atoms with Gasteiger partial charge >= 0.3 is 0 Å². The lowest BCUT2D eigenvalue weighted by atomic mass is 10.0. The van der Waals surface area contributed by atoms with E-state index in [9.17, 15) is 0 Å². The quantitative estimate of drug-likeness (QED) is 0.186. The smallest absolute Gasteiger partial charge is 0.154 e. The monoisotopic (exact) mass is 485 g/mol. The van der Waals surface area contributed by atoms with Crippen molar-refractivity contribution in [3.8, 4) is 0 Å². The Morgan fingerprint density at radius 1 is 0.824 bits per heavy atom. The Morgan fingerprint density at radius 2 is 1.32 bits per heavy atom. The molecule has 0 bridgehead atoms. The van der Waals surface area contributed by atoms with E-state index in [0.29, 0.717) is 11.3 Å². The third kappa shape index (κ3) is 4.83. The van der Waals surface area contributed by atoms with Gasteiger partial charge in [-0.1, -0.05) is 72.8 Å². The van der Waals surface area contributed by atoms with E-state index < -0.39 is 16.1 Å². The first kappa shape index (κ1) is 22.9. The molecule has 4 aromatic rings. The molecule has 3 nitrogen and oxygen atoms in total. The van der Waals surface area contributed by atoms with Crippen molar-refractivity contribution >= 4 is 27.1 Å². The molecule has 2 atom stereocenters. The molecule has 0 radical (unpaired) electrons. The van der Waals surface area contributed by atoms with E-state index in [1.165, 1.54) is 11.1 Å². The van der Waals surface area contributed by atoms with Crippen molar-refractivity contribution in [2.75, 3.05) is 0 Å². The van der Waals surface area contributed by atoms with Crippen LogP contribution in [0.4, 0.5) is 0 Å². The second-order valence-corrected chi connectivity index (χ2v) is 13.2. The third-order valence-corrected chi connectivity index (χ3v) is 12.1. The summed E-state index contributed by atoms with van der Waals surface area (Å²) in [5.41, 5.74) is 6.65. The van der Waals surface area contributed by atoms with Crippen LogP contribution in [0.5, 0.6) is 0 Å². The minimum atomic E-state index is -1.02. The van der Waals surface area contributed by atoms with Crippen molar-refractivity contribution in [3.05, 3.63) is 133 Å². The first-order valence-corrected chi connectivity index (χ1v) is 14.3. The summed E-state index contributed by atoms with van der Waals surface area (Å²) in [4.78, 5) is 0. The highest BCUT2D eigenvalue weighted by atomic mass is 31.2. The zero-order chi connectivity index (χ0) is 23.3. The van der Waals surface area contributed by atoms with Gasteiger partial charge in [-0.3, -0.25) is 0 Å². The maximum Gasteiger partial charge on any atom is 0.154 e. The Balaban J connectivity index is 1.67. The fourth-order valence-corrected chi connectivity index (χ4v) is 11.3. The average Bonchev–Trinajstić information content (AvgIpc) is 3.65. The van der Waals surface area contributed by atoms with E-state index in [-0.39, 0.29) is 0 Å². The molecule has 0 amide bonds. The van der Waals surface area contributed by atoms with E-state index in [1.54, 1.807) is 12.5 Å². The molecule has 1 fully saturated rings. The molecule has 0 saturated carbocycles. The lowest BCUT2D eigenvalue weighted by Crippen LogP contribution is -2.22. The summed E-state index contributed by atoms with van der Waals surface area (Å²) >= 11 is 0. The Kier molecular flexibility index (Phi) is 7.14. The molecule has 5 rings (SSSR count). The summed E-state index contributed by atoms with van der Waals surface area (Å²) in [5.74, 6) is 0. The Bertz CT molecular complexity index is 1120. The molecule has 5 heteroatoms. The number of hydrogen-bond acceptors (Lipinski definition) is 3. The summed E-state index contributed by atoms with van der Waals surface area (Å²) in [5, 5.41) is 0. The van der Waals surface area contributed by atoms with Crippen LogP contribution in [-0.2, 0) is 0 Å². The van der Waals surface area contributed by atoms with Crippen LogP contribution in [0.1, 0.15) is 42.2 Å². The Labute approximate surface area is 204 Å². The standard InChI is InChI=1S/C29H29NO2P2/c1-23(2)19-20-30(34(28-15-9-21-31-28)29-16-10-22-32-29)33-26(24-11-5-3-6-12-24)17-18-27(33)25-13-7-4-8-14-25/h3-16,19-22,26-27H,1,17-18H2,2H3. The first-order valence-electron chi connectivity index (χ1n) is 11.6. The minimum absolute atomic E-state index is 0.450. The fourth-order valence-electron chi connectivity index (χ4n) is 4.60. The maximum atomic E-state index is 6.03. The van der Waals surface area contributed by atoms with Crippen LogP contribution in [0.25, 0.3) is 0 Å². The molecule has 0 aliphatic carbocycles. The van der Waals surface area contributed by atoms with Crippen molar-refractivity contribution in [2.24, 2.45) is 0 Å². The summed E-state index contributed by atoms with van der Waals surface area (Å²) < 4.78 is 14.6. The molecule has 1 saturated heterocycles. The van der Waals surface area contributed by atoms with Crippen molar-refractivity contribution < 1.29 is 8.83 Å². The van der Waals surface area contributed by atoms with Gasteiger partial charge in [0, 0.05) is 25.6 Å². The molecule has 0 N–H and O–H groups in total. The number of rotatable bonds is 8. The van der Waals surface area contributed by atoms with E-state index in [0.717, 1.165) is 29.4 Å². The molecule has 34 heavy (non-hydrogen) atoms. The van der Waals surface area contributed by atoms with Gasteiger partial charge in [0.2, 0.25) is 0 Å².